The van der Waals surface area contributed by atoms with Gasteiger partial charge in [-0.25, -0.2) is 4.98 Å². The molecule has 2 aromatic carbocycles. The maximum absolute atomic E-state index is 13.2. The van der Waals surface area contributed by atoms with Gasteiger partial charge >= 0.3 is 0 Å². The second kappa shape index (κ2) is 10.6. The van der Waals surface area contributed by atoms with Gasteiger partial charge in [0.2, 0.25) is 11.8 Å². The van der Waals surface area contributed by atoms with Crippen LogP contribution in [0.2, 0.25) is 0 Å². The number of hydrogen-bond acceptors (Lipinski definition) is 5. The standard InChI is InChI=1S/C31H35N3O4/c1-31(2,3)24-12-19(18-35)13-25(16-24)33-30(37)22-7-4-20-8-9-26(15-23(20)14-22)38-27-10-11-32-28(17-27)34-29(36)21-5-6-21/h8-13,15-17,21-22,35H,4-7,14,18H2,1-3H3,(H,33,37)(H,32,34,36). The highest BCUT2D eigenvalue weighted by Crippen LogP contribution is 2.33. The molecule has 0 aliphatic heterocycles. The first-order chi connectivity index (χ1) is 18.2. The van der Waals surface area contributed by atoms with Crippen LogP contribution in [0.25, 0.3) is 0 Å². The molecule has 2 aliphatic rings. The number of benzene rings is 2. The van der Waals surface area contributed by atoms with E-state index < -0.39 is 0 Å². The number of amides is 2. The van der Waals surface area contributed by atoms with Gasteiger partial charge in [0, 0.05) is 29.8 Å². The maximum atomic E-state index is 13.2. The van der Waals surface area contributed by atoms with E-state index >= 15 is 0 Å². The van der Waals surface area contributed by atoms with Gasteiger partial charge in [0.15, 0.2) is 0 Å². The Morgan fingerprint density at radius 3 is 2.42 bits per heavy atom. The van der Waals surface area contributed by atoms with Crippen LogP contribution in [-0.4, -0.2) is 21.9 Å². The lowest BCUT2D eigenvalue weighted by molar-refractivity contribution is -0.120. The predicted octanol–water partition coefficient (Wildman–Crippen LogP) is 5.76. The fourth-order valence-corrected chi connectivity index (χ4v) is 4.81. The van der Waals surface area contributed by atoms with E-state index in [-0.39, 0.29) is 35.7 Å². The molecule has 1 unspecified atom stereocenters. The molecular weight excluding hydrogens is 478 g/mol. The number of hydrogen-bond donors (Lipinski definition) is 3. The minimum Gasteiger partial charge on any atom is -0.457 e. The number of fused-ring (bicyclic) bond motifs is 1. The summed E-state index contributed by atoms with van der Waals surface area (Å²) >= 11 is 0. The highest BCUT2D eigenvalue weighted by Gasteiger charge is 2.30. The Morgan fingerprint density at radius 2 is 1.68 bits per heavy atom. The van der Waals surface area contributed by atoms with Gasteiger partial charge in [-0.1, -0.05) is 32.9 Å². The Labute approximate surface area is 223 Å². The fraction of sp³-hybridized carbons (Fsp3) is 0.387. The van der Waals surface area contributed by atoms with E-state index in [9.17, 15) is 14.7 Å². The average Bonchev–Trinajstić information content (AvgIpc) is 3.73. The number of nitrogens with zero attached hydrogens (tertiary/aromatic N) is 1. The third kappa shape index (κ3) is 6.22. The van der Waals surface area contributed by atoms with Crippen LogP contribution in [0, 0.1) is 11.8 Å². The molecule has 3 aromatic rings. The van der Waals surface area contributed by atoms with Crippen molar-refractivity contribution >= 4 is 23.3 Å². The van der Waals surface area contributed by atoms with Crippen LogP contribution in [0.4, 0.5) is 11.5 Å². The van der Waals surface area contributed by atoms with E-state index in [1.165, 1.54) is 5.56 Å². The molecule has 1 atom stereocenters. The van der Waals surface area contributed by atoms with Crippen LogP contribution in [-0.2, 0) is 34.5 Å². The molecule has 7 heteroatoms. The van der Waals surface area contributed by atoms with E-state index in [0.717, 1.165) is 48.1 Å². The average molecular weight is 514 g/mol. The largest absolute Gasteiger partial charge is 0.457 e. The Bertz CT molecular complexity index is 1360. The molecule has 7 nitrogen and oxygen atoms in total. The van der Waals surface area contributed by atoms with Gasteiger partial charge < -0.3 is 20.5 Å². The number of rotatable bonds is 7. The molecule has 38 heavy (non-hydrogen) atoms. The predicted molar refractivity (Wildman–Crippen MR) is 147 cm³/mol. The van der Waals surface area contributed by atoms with Gasteiger partial charge in [-0.2, -0.15) is 0 Å². The maximum Gasteiger partial charge on any atom is 0.228 e. The van der Waals surface area contributed by atoms with Crippen LogP contribution < -0.4 is 15.4 Å². The zero-order valence-corrected chi connectivity index (χ0v) is 22.2. The Morgan fingerprint density at radius 1 is 0.921 bits per heavy atom. The quantitative estimate of drug-likeness (QED) is 0.373. The summed E-state index contributed by atoms with van der Waals surface area (Å²) in [6.07, 6.45) is 5.71. The first-order valence-electron chi connectivity index (χ1n) is 13.3. The zero-order chi connectivity index (χ0) is 26.9. The summed E-state index contributed by atoms with van der Waals surface area (Å²) in [7, 11) is 0. The lowest BCUT2D eigenvalue weighted by atomic mass is 9.83. The molecule has 0 spiro atoms. The Kier molecular flexibility index (Phi) is 7.21. The first-order valence-corrected chi connectivity index (χ1v) is 13.3. The summed E-state index contributed by atoms with van der Waals surface area (Å²) in [4.78, 5) is 29.5. The second-order valence-corrected chi connectivity index (χ2v) is 11.4. The number of aliphatic hydroxyl groups excluding tert-OH is 1. The number of nitrogens with one attached hydrogen (secondary N) is 2. The van der Waals surface area contributed by atoms with Crippen molar-refractivity contribution in [3.63, 3.8) is 0 Å². The third-order valence-electron chi connectivity index (χ3n) is 7.25. The lowest BCUT2D eigenvalue weighted by Gasteiger charge is -2.25. The number of carbonyl (C=O) groups excluding carboxylic acids is 2. The van der Waals surface area contributed by atoms with Crippen LogP contribution in [0.5, 0.6) is 11.5 Å². The van der Waals surface area contributed by atoms with Gasteiger partial charge in [0.25, 0.3) is 0 Å². The Hall–Kier alpha value is -3.71. The summed E-state index contributed by atoms with van der Waals surface area (Å²) in [5, 5.41) is 15.7. The molecule has 0 radical (unpaired) electrons. The second-order valence-electron chi connectivity index (χ2n) is 11.4. The number of aromatic nitrogens is 1. The normalized spacial score (nSPS) is 16.9. The zero-order valence-electron chi connectivity index (χ0n) is 22.2. The van der Waals surface area contributed by atoms with Crippen LogP contribution >= 0.6 is 0 Å². The topological polar surface area (TPSA) is 101 Å². The summed E-state index contributed by atoms with van der Waals surface area (Å²) in [6, 6.07) is 15.3. The van der Waals surface area contributed by atoms with Crippen molar-refractivity contribution in [1.82, 2.24) is 4.98 Å². The van der Waals surface area contributed by atoms with Crippen molar-refractivity contribution in [3.8, 4) is 11.5 Å². The summed E-state index contributed by atoms with van der Waals surface area (Å²) in [5.41, 5.74) is 4.81. The molecule has 1 fully saturated rings. The van der Waals surface area contributed by atoms with Crippen molar-refractivity contribution in [1.29, 1.82) is 0 Å². The number of aryl methyl sites for hydroxylation is 1. The monoisotopic (exact) mass is 513 g/mol. The number of pyridine rings is 1. The van der Waals surface area contributed by atoms with Crippen LogP contribution in [0.3, 0.4) is 0 Å². The molecule has 2 aliphatic carbocycles. The summed E-state index contributed by atoms with van der Waals surface area (Å²) in [5.74, 6) is 1.70. The van der Waals surface area contributed by atoms with Gasteiger partial charge in [-0.15, -0.1) is 0 Å². The molecule has 0 saturated heterocycles. The number of aliphatic hydroxyl groups is 1. The van der Waals surface area contributed by atoms with E-state index in [1.54, 1.807) is 18.3 Å². The number of anilines is 2. The summed E-state index contributed by atoms with van der Waals surface area (Å²) in [6.45, 7) is 6.27. The van der Waals surface area contributed by atoms with E-state index in [0.29, 0.717) is 23.7 Å². The number of carbonyl (C=O) groups is 2. The third-order valence-corrected chi connectivity index (χ3v) is 7.25. The molecule has 2 amide bonds. The molecule has 0 bridgehead atoms. The van der Waals surface area contributed by atoms with Gasteiger partial charge in [0.1, 0.15) is 17.3 Å². The molecule has 198 valence electrons. The smallest absolute Gasteiger partial charge is 0.228 e. The van der Waals surface area contributed by atoms with Crippen molar-refractivity contribution < 1.29 is 19.4 Å². The van der Waals surface area contributed by atoms with Crippen molar-refractivity contribution in [2.75, 3.05) is 10.6 Å². The van der Waals surface area contributed by atoms with Crippen molar-refractivity contribution in [3.05, 3.63) is 77.0 Å². The van der Waals surface area contributed by atoms with E-state index in [1.807, 2.05) is 30.3 Å². The first kappa shape index (κ1) is 25.9. The van der Waals surface area contributed by atoms with E-state index in [2.05, 4.69) is 42.5 Å². The molecule has 1 aromatic heterocycles. The Balaban J connectivity index is 1.26. The SMILES string of the molecule is CC(C)(C)c1cc(CO)cc(NC(=O)C2CCc3ccc(Oc4ccnc(NC(=O)C5CC5)c4)cc3C2)c1. The van der Waals surface area contributed by atoms with Crippen LogP contribution in [0.15, 0.2) is 54.7 Å². The molecule has 5 rings (SSSR count). The highest BCUT2D eigenvalue weighted by molar-refractivity contribution is 5.93. The minimum absolute atomic E-state index is 0.00506. The molecule has 3 N–H and O–H groups in total. The van der Waals surface area contributed by atoms with E-state index in [4.69, 9.17) is 4.74 Å². The molecular formula is C31H35N3O4. The van der Waals surface area contributed by atoms with Gasteiger partial charge in [-0.05, 0) is 90.1 Å². The highest BCUT2D eigenvalue weighted by atomic mass is 16.5. The lowest BCUT2D eigenvalue weighted by Crippen LogP contribution is -2.28. The minimum atomic E-state index is -0.154. The van der Waals surface area contributed by atoms with Gasteiger partial charge in [-0.3, -0.25) is 9.59 Å². The van der Waals surface area contributed by atoms with Crippen molar-refractivity contribution in [2.45, 2.75) is 64.9 Å². The fourth-order valence-electron chi connectivity index (χ4n) is 4.81. The van der Waals surface area contributed by atoms with Crippen LogP contribution in [0.1, 0.15) is 62.3 Å². The molecule has 1 heterocycles. The number of ether oxygens (including phenoxy) is 1. The summed E-state index contributed by atoms with van der Waals surface area (Å²) < 4.78 is 6.09. The van der Waals surface area contributed by atoms with Crippen molar-refractivity contribution in [2.24, 2.45) is 11.8 Å². The molecule has 1 saturated carbocycles. The van der Waals surface area contributed by atoms with Gasteiger partial charge in [0.05, 0.1) is 6.61 Å².